The number of nitrogens with one attached hydrogen (secondary N) is 1. The second-order valence-corrected chi connectivity index (χ2v) is 5.72. The Labute approximate surface area is 124 Å². The van der Waals surface area contributed by atoms with Gasteiger partial charge in [0.25, 0.3) is 5.91 Å². The molecule has 2 aromatic rings. The van der Waals surface area contributed by atoms with Crippen molar-refractivity contribution in [2.24, 2.45) is 0 Å². The summed E-state index contributed by atoms with van der Waals surface area (Å²) in [5, 5.41) is 3.03. The minimum atomic E-state index is -0.0323. The normalized spacial score (nSPS) is 11.9. The van der Waals surface area contributed by atoms with Gasteiger partial charge in [0.2, 0.25) is 0 Å². The molecule has 3 heteroatoms. The van der Waals surface area contributed by atoms with Gasteiger partial charge < -0.3 is 5.32 Å². The predicted octanol–water partition coefficient (Wildman–Crippen LogP) is 4.21. The van der Waals surface area contributed by atoms with Crippen LogP contribution in [0.5, 0.6) is 0 Å². The molecule has 0 aliphatic carbocycles. The van der Waals surface area contributed by atoms with E-state index in [2.05, 4.69) is 35.8 Å². The fourth-order valence-electron chi connectivity index (χ4n) is 2.04. The third kappa shape index (κ3) is 3.64. The van der Waals surface area contributed by atoms with E-state index in [-0.39, 0.29) is 11.9 Å². The zero-order chi connectivity index (χ0) is 14.5. The lowest BCUT2D eigenvalue weighted by Gasteiger charge is -2.15. The van der Waals surface area contributed by atoms with Gasteiger partial charge in [-0.3, -0.25) is 4.79 Å². The zero-order valence-electron chi connectivity index (χ0n) is 12.0. The van der Waals surface area contributed by atoms with Gasteiger partial charge in [-0.1, -0.05) is 29.8 Å². The predicted molar refractivity (Wildman–Crippen MR) is 85.3 cm³/mol. The van der Waals surface area contributed by atoms with Gasteiger partial charge in [0.05, 0.1) is 6.04 Å². The lowest BCUT2D eigenvalue weighted by molar-refractivity contribution is 0.0940. The highest BCUT2D eigenvalue weighted by atomic mass is 32.2. The fraction of sp³-hybridized carbons (Fsp3) is 0.235. The van der Waals surface area contributed by atoms with Gasteiger partial charge in [-0.15, -0.1) is 11.8 Å². The number of hydrogen-bond donors (Lipinski definition) is 1. The summed E-state index contributed by atoms with van der Waals surface area (Å²) < 4.78 is 0. The van der Waals surface area contributed by atoms with Crippen molar-refractivity contribution in [3.63, 3.8) is 0 Å². The first-order chi connectivity index (χ1) is 9.60. The Balaban J connectivity index is 2.06. The van der Waals surface area contributed by atoms with E-state index in [9.17, 15) is 4.79 Å². The second kappa shape index (κ2) is 6.62. The van der Waals surface area contributed by atoms with Crippen LogP contribution >= 0.6 is 11.8 Å². The van der Waals surface area contributed by atoms with Crippen LogP contribution in [-0.2, 0) is 0 Å². The largest absolute Gasteiger partial charge is 0.346 e. The quantitative estimate of drug-likeness (QED) is 0.853. The van der Waals surface area contributed by atoms with E-state index in [1.807, 2.05) is 38.1 Å². The highest BCUT2D eigenvalue weighted by Crippen LogP contribution is 2.19. The Kier molecular flexibility index (Phi) is 4.85. The van der Waals surface area contributed by atoms with Gasteiger partial charge in [-0.05, 0) is 49.9 Å². The lowest BCUT2D eigenvalue weighted by Crippen LogP contribution is -2.26. The summed E-state index contributed by atoms with van der Waals surface area (Å²) in [7, 11) is 0. The molecule has 1 atom stereocenters. The van der Waals surface area contributed by atoms with Crippen LogP contribution in [0, 0.1) is 6.92 Å². The van der Waals surface area contributed by atoms with Crippen LogP contribution in [-0.4, -0.2) is 12.2 Å². The van der Waals surface area contributed by atoms with Crippen molar-refractivity contribution in [2.75, 3.05) is 6.26 Å². The summed E-state index contributed by atoms with van der Waals surface area (Å²) in [4.78, 5) is 13.4. The lowest BCUT2D eigenvalue weighted by atomic mass is 10.1. The second-order valence-electron chi connectivity index (χ2n) is 4.84. The average Bonchev–Trinajstić information content (AvgIpc) is 2.47. The molecule has 1 unspecified atom stereocenters. The van der Waals surface area contributed by atoms with E-state index in [1.165, 1.54) is 4.90 Å². The number of rotatable bonds is 4. The van der Waals surface area contributed by atoms with Gasteiger partial charge in [0, 0.05) is 10.5 Å². The maximum atomic E-state index is 12.2. The van der Waals surface area contributed by atoms with Crippen molar-refractivity contribution < 1.29 is 4.79 Å². The first-order valence-electron chi connectivity index (χ1n) is 6.61. The topological polar surface area (TPSA) is 29.1 Å². The molecule has 1 N–H and O–H groups in total. The molecule has 0 saturated heterocycles. The fourth-order valence-corrected chi connectivity index (χ4v) is 2.45. The van der Waals surface area contributed by atoms with Crippen molar-refractivity contribution in [1.82, 2.24) is 5.32 Å². The Hall–Kier alpha value is -1.74. The number of carbonyl (C=O) groups excluding carboxylic acids is 1. The maximum Gasteiger partial charge on any atom is 0.251 e. The first kappa shape index (κ1) is 14.7. The van der Waals surface area contributed by atoms with Crippen LogP contribution in [0.1, 0.15) is 34.5 Å². The summed E-state index contributed by atoms with van der Waals surface area (Å²) in [6.45, 7) is 3.99. The molecule has 0 saturated carbocycles. The molecule has 0 aliphatic rings. The molecular formula is C17H19NOS. The standard InChI is InChI=1S/C17H19NOS/c1-12-5-4-6-15(11-12)17(19)18-13(2)14-7-9-16(20-3)10-8-14/h4-11,13H,1-3H3,(H,18,19). The molecule has 0 fully saturated rings. The highest BCUT2D eigenvalue weighted by molar-refractivity contribution is 7.98. The Morgan fingerprint density at radius 3 is 2.45 bits per heavy atom. The molecule has 1 amide bonds. The molecule has 0 aromatic heterocycles. The van der Waals surface area contributed by atoms with Crippen molar-refractivity contribution in [3.05, 3.63) is 65.2 Å². The maximum absolute atomic E-state index is 12.2. The van der Waals surface area contributed by atoms with E-state index in [0.29, 0.717) is 5.56 Å². The molecule has 104 valence electrons. The third-order valence-corrected chi connectivity index (χ3v) is 3.99. The van der Waals surface area contributed by atoms with Crippen LogP contribution in [0.25, 0.3) is 0 Å². The SMILES string of the molecule is CSc1ccc(C(C)NC(=O)c2cccc(C)c2)cc1. The van der Waals surface area contributed by atoms with Gasteiger partial charge in [-0.2, -0.15) is 0 Å². The highest BCUT2D eigenvalue weighted by Gasteiger charge is 2.11. The third-order valence-electron chi connectivity index (χ3n) is 3.24. The van der Waals surface area contributed by atoms with Gasteiger partial charge in [0.1, 0.15) is 0 Å². The number of benzene rings is 2. The summed E-state index contributed by atoms with van der Waals surface area (Å²) >= 11 is 1.71. The summed E-state index contributed by atoms with van der Waals surface area (Å²) in [6, 6.07) is 15.9. The Bertz CT molecular complexity index is 592. The molecular weight excluding hydrogens is 266 g/mol. The molecule has 2 nitrogen and oxygen atoms in total. The first-order valence-corrected chi connectivity index (χ1v) is 7.84. The minimum absolute atomic E-state index is 0.00100. The molecule has 2 aromatic carbocycles. The van der Waals surface area contributed by atoms with Crippen LogP contribution < -0.4 is 5.32 Å². The van der Waals surface area contributed by atoms with Gasteiger partial charge >= 0.3 is 0 Å². The molecule has 20 heavy (non-hydrogen) atoms. The number of aryl methyl sites for hydroxylation is 1. The number of hydrogen-bond acceptors (Lipinski definition) is 2. The summed E-state index contributed by atoms with van der Waals surface area (Å²) in [5.41, 5.74) is 2.91. The summed E-state index contributed by atoms with van der Waals surface area (Å²) in [5.74, 6) is -0.0323. The smallest absolute Gasteiger partial charge is 0.251 e. The molecule has 0 heterocycles. The molecule has 2 rings (SSSR count). The van der Waals surface area contributed by atoms with Crippen LogP contribution in [0.2, 0.25) is 0 Å². The molecule has 0 radical (unpaired) electrons. The Morgan fingerprint density at radius 1 is 1.15 bits per heavy atom. The monoisotopic (exact) mass is 285 g/mol. The minimum Gasteiger partial charge on any atom is -0.346 e. The van der Waals surface area contributed by atoms with E-state index >= 15 is 0 Å². The van der Waals surface area contributed by atoms with Crippen molar-refractivity contribution in [2.45, 2.75) is 24.8 Å². The number of amides is 1. The molecule has 0 bridgehead atoms. The van der Waals surface area contributed by atoms with Crippen molar-refractivity contribution in [1.29, 1.82) is 0 Å². The van der Waals surface area contributed by atoms with E-state index in [0.717, 1.165) is 11.1 Å². The van der Waals surface area contributed by atoms with E-state index in [4.69, 9.17) is 0 Å². The van der Waals surface area contributed by atoms with E-state index < -0.39 is 0 Å². The van der Waals surface area contributed by atoms with Crippen LogP contribution in [0.3, 0.4) is 0 Å². The average molecular weight is 285 g/mol. The number of carbonyl (C=O) groups is 1. The Morgan fingerprint density at radius 2 is 1.85 bits per heavy atom. The summed E-state index contributed by atoms with van der Waals surface area (Å²) in [6.07, 6.45) is 2.05. The van der Waals surface area contributed by atoms with Gasteiger partial charge in [0.15, 0.2) is 0 Å². The van der Waals surface area contributed by atoms with Crippen LogP contribution in [0.15, 0.2) is 53.4 Å². The zero-order valence-corrected chi connectivity index (χ0v) is 12.8. The molecule has 0 aliphatic heterocycles. The van der Waals surface area contributed by atoms with Gasteiger partial charge in [-0.25, -0.2) is 0 Å². The van der Waals surface area contributed by atoms with E-state index in [1.54, 1.807) is 11.8 Å². The molecule has 0 spiro atoms. The van der Waals surface area contributed by atoms with Crippen molar-refractivity contribution >= 4 is 17.7 Å². The van der Waals surface area contributed by atoms with Crippen molar-refractivity contribution in [3.8, 4) is 0 Å². The number of thioether (sulfide) groups is 1. The van der Waals surface area contributed by atoms with Crippen LogP contribution in [0.4, 0.5) is 0 Å².